The van der Waals surface area contributed by atoms with Crippen molar-refractivity contribution in [2.45, 2.75) is 20.4 Å². The van der Waals surface area contributed by atoms with Gasteiger partial charge in [0, 0.05) is 18.1 Å². The lowest BCUT2D eigenvalue weighted by atomic mass is 10.4. The zero-order chi connectivity index (χ0) is 13.4. The summed E-state index contributed by atoms with van der Waals surface area (Å²) in [5.41, 5.74) is 1.91. The van der Waals surface area contributed by atoms with Gasteiger partial charge in [-0.25, -0.2) is 4.68 Å². The van der Waals surface area contributed by atoms with Crippen molar-refractivity contribution in [2.24, 2.45) is 0 Å². The van der Waals surface area contributed by atoms with E-state index in [1.54, 1.807) is 22.2 Å². The minimum absolute atomic E-state index is 0.658. The molecular weight excluding hydrogens is 282 g/mol. The first-order chi connectivity index (χ1) is 9.20. The highest BCUT2D eigenvalue weighted by atomic mass is 35.5. The van der Waals surface area contributed by atoms with Crippen LogP contribution in [0.25, 0.3) is 10.8 Å². The summed E-state index contributed by atoms with van der Waals surface area (Å²) in [5, 5.41) is 10.4. The molecule has 0 radical (unpaired) electrons. The minimum atomic E-state index is 0.658. The van der Waals surface area contributed by atoms with Gasteiger partial charge in [-0.2, -0.15) is 10.1 Å². The predicted octanol–water partition coefficient (Wildman–Crippen LogP) is 2.65. The minimum Gasteiger partial charge on any atom is -0.311 e. The van der Waals surface area contributed by atoms with Crippen molar-refractivity contribution in [3.63, 3.8) is 0 Å². The summed E-state index contributed by atoms with van der Waals surface area (Å²) in [7, 11) is 0. The largest absolute Gasteiger partial charge is 0.311 e. The van der Waals surface area contributed by atoms with E-state index in [1.165, 1.54) is 0 Å². The van der Waals surface area contributed by atoms with Gasteiger partial charge < -0.3 is 5.32 Å². The molecule has 0 saturated heterocycles. The lowest BCUT2D eigenvalue weighted by molar-refractivity contribution is 0.694. The molecule has 0 atom stereocenters. The van der Waals surface area contributed by atoms with Crippen LogP contribution < -0.4 is 5.32 Å². The van der Waals surface area contributed by atoms with Crippen molar-refractivity contribution in [1.82, 2.24) is 24.5 Å². The first-order valence-electron chi connectivity index (χ1n) is 6.08. The van der Waals surface area contributed by atoms with Crippen LogP contribution >= 0.6 is 22.9 Å². The second-order valence-corrected chi connectivity index (χ2v) is 5.51. The van der Waals surface area contributed by atoms with Crippen molar-refractivity contribution in [3.8, 4) is 5.82 Å². The highest BCUT2D eigenvalue weighted by Gasteiger charge is 2.16. The number of aromatic nitrogens is 4. The first kappa shape index (κ1) is 12.7. The quantitative estimate of drug-likeness (QED) is 0.805. The third-order valence-electron chi connectivity index (χ3n) is 2.94. The van der Waals surface area contributed by atoms with Gasteiger partial charge >= 0.3 is 0 Å². The zero-order valence-corrected chi connectivity index (χ0v) is 12.3. The Morgan fingerprint density at radius 2 is 2.32 bits per heavy atom. The molecule has 0 aliphatic heterocycles. The van der Waals surface area contributed by atoms with Crippen molar-refractivity contribution in [1.29, 1.82) is 0 Å². The molecule has 0 amide bonds. The Labute approximate surface area is 119 Å². The van der Waals surface area contributed by atoms with E-state index in [0.717, 1.165) is 35.3 Å². The Bertz CT molecular complexity index is 691. The van der Waals surface area contributed by atoms with E-state index in [-0.39, 0.29) is 0 Å². The second kappa shape index (κ2) is 4.96. The molecule has 3 rings (SSSR count). The molecule has 0 fully saturated rings. The second-order valence-electron chi connectivity index (χ2n) is 4.23. The van der Waals surface area contributed by atoms with Gasteiger partial charge in [0.25, 0.3) is 0 Å². The SMILES string of the molecule is CCNCc1c(-n2cc(Cl)c(C)n2)nc2sccn12. The topological polar surface area (TPSA) is 47.2 Å². The van der Waals surface area contributed by atoms with Crippen molar-refractivity contribution < 1.29 is 0 Å². The predicted molar refractivity (Wildman–Crippen MR) is 77.3 cm³/mol. The van der Waals surface area contributed by atoms with E-state index in [2.05, 4.69) is 26.7 Å². The maximum absolute atomic E-state index is 6.08. The average molecular weight is 296 g/mol. The van der Waals surface area contributed by atoms with Crippen LogP contribution in [0, 0.1) is 6.92 Å². The smallest absolute Gasteiger partial charge is 0.196 e. The fraction of sp³-hybridized carbons (Fsp3) is 0.333. The Morgan fingerprint density at radius 3 is 3.00 bits per heavy atom. The number of aryl methyl sites for hydroxylation is 1. The van der Waals surface area contributed by atoms with Gasteiger partial charge in [-0.05, 0) is 13.5 Å². The Balaban J connectivity index is 2.13. The summed E-state index contributed by atoms with van der Waals surface area (Å²) in [6, 6.07) is 0. The molecule has 0 unspecified atom stereocenters. The number of fused-ring (bicyclic) bond motifs is 1. The van der Waals surface area contributed by atoms with Gasteiger partial charge in [-0.1, -0.05) is 18.5 Å². The Hall–Kier alpha value is -1.37. The molecule has 0 aromatic carbocycles. The van der Waals surface area contributed by atoms with E-state index < -0.39 is 0 Å². The van der Waals surface area contributed by atoms with Crippen molar-refractivity contribution >= 4 is 27.9 Å². The number of imidazole rings is 1. The molecule has 0 aliphatic carbocycles. The average Bonchev–Trinajstić information content (AvgIpc) is 3.03. The summed E-state index contributed by atoms with van der Waals surface area (Å²) in [4.78, 5) is 5.60. The Kier molecular flexibility index (Phi) is 3.30. The fourth-order valence-electron chi connectivity index (χ4n) is 1.96. The molecule has 0 bridgehead atoms. The van der Waals surface area contributed by atoms with Crippen LogP contribution in [0.2, 0.25) is 5.02 Å². The summed E-state index contributed by atoms with van der Waals surface area (Å²) in [6.07, 6.45) is 3.83. The molecule has 0 aliphatic rings. The van der Waals surface area contributed by atoms with Crippen molar-refractivity contribution in [3.05, 3.63) is 34.2 Å². The summed E-state index contributed by atoms with van der Waals surface area (Å²) in [5.74, 6) is 0.836. The molecule has 100 valence electrons. The maximum atomic E-state index is 6.08. The molecular formula is C12H14ClN5S. The normalized spacial score (nSPS) is 11.5. The van der Waals surface area contributed by atoms with Crippen molar-refractivity contribution in [2.75, 3.05) is 6.54 Å². The van der Waals surface area contributed by atoms with Crippen LogP contribution in [0.15, 0.2) is 17.8 Å². The number of halogens is 1. The third kappa shape index (κ3) is 2.16. The van der Waals surface area contributed by atoms with Crippen LogP contribution in [0.3, 0.4) is 0 Å². The number of nitrogens with one attached hydrogen (secondary N) is 1. The van der Waals surface area contributed by atoms with Crippen LogP contribution in [-0.2, 0) is 6.54 Å². The summed E-state index contributed by atoms with van der Waals surface area (Å²) < 4.78 is 3.84. The standard InChI is InChI=1S/C12H14ClN5S/c1-3-14-6-10-11(15-12-17(10)4-5-19-12)18-7-9(13)8(2)16-18/h4-5,7,14H,3,6H2,1-2H3. The maximum Gasteiger partial charge on any atom is 0.196 e. The van der Waals surface area contributed by atoms with E-state index in [1.807, 2.05) is 18.5 Å². The third-order valence-corrected chi connectivity index (χ3v) is 4.07. The van der Waals surface area contributed by atoms with Crippen LogP contribution in [0.5, 0.6) is 0 Å². The van der Waals surface area contributed by atoms with Gasteiger partial charge in [0.05, 0.1) is 22.6 Å². The summed E-state index contributed by atoms with van der Waals surface area (Å²) >= 11 is 7.69. The van der Waals surface area contributed by atoms with E-state index in [9.17, 15) is 0 Å². The lowest BCUT2D eigenvalue weighted by Gasteiger charge is -2.04. The number of rotatable bonds is 4. The highest BCUT2D eigenvalue weighted by molar-refractivity contribution is 7.15. The molecule has 0 spiro atoms. The molecule has 1 N–H and O–H groups in total. The monoisotopic (exact) mass is 295 g/mol. The van der Waals surface area contributed by atoms with Gasteiger partial charge in [0.1, 0.15) is 0 Å². The highest BCUT2D eigenvalue weighted by Crippen LogP contribution is 2.22. The van der Waals surface area contributed by atoms with Gasteiger partial charge in [-0.15, -0.1) is 11.3 Å². The molecule has 3 heterocycles. The molecule has 0 saturated carbocycles. The lowest BCUT2D eigenvalue weighted by Crippen LogP contribution is -2.15. The van der Waals surface area contributed by atoms with E-state index in [4.69, 9.17) is 11.6 Å². The van der Waals surface area contributed by atoms with E-state index >= 15 is 0 Å². The van der Waals surface area contributed by atoms with Gasteiger partial charge in [-0.3, -0.25) is 4.40 Å². The molecule has 3 aromatic heterocycles. The summed E-state index contributed by atoms with van der Waals surface area (Å²) in [6.45, 7) is 5.64. The molecule has 7 heteroatoms. The van der Waals surface area contributed by atoms with Gasteiger partial charge in [0.2, 0.25) is 0 Å². The fourth-order valence-corrected chi connectivity index (χ4v) is 2.82. The number of hydrogen-bond acceptors (Lipinski definition) is 4. The molecule has 19 heavy (non-hydrogen) atoms. The van der Waals surface area contributed by atoms with Gasteiger partial charge in [0.15, 0.2) is 10.8 Å². The van der Waals surface area contributed by atoms with Crippen LogP contribution in [0.1, 0.15) is 18.3 Å². The van der Waals surface area contributed by atoms with Crippen LogP contribution in [0.4, 0.5) is 0 Å². The number of thiazole rings is 1. The van der Waals surface area contributed by atoms with Crippen LogP contribution in [-0.4, -0.2) is 25.7 Å². The molecule has 3 aromatic rings. The number of nitrogens with zero attached hydrogens (tertiary/aromatic N) is 4. The number of hydrogen-bond donors (Lipinski definition) is 1. The molecule has 5 nitrogen and oxygen atoms in total. The Morgan fingerprint density at radius 1 is 1.47 bits per heavy atom. The zero-order valence-electron chi connectivity index (χ0n) is 10.7. The first-order valence-corrected chi connectivity index (χ1v) is 7.33. The van der Waals surface area contributed by atoms with E-state index in [0.29, 0.717) is 5.02 Å².